The van der Waals surface area contributed by atoms with Gasteiger partial charge in [0.05, 0.1) is 18.8 Å². The van der Waals surface area contributed by atoms with E-state index in [1.165, 1.54) is 0 Å². The van der Waals surface area contributed by atoms with Crippen LogP contribution in [0.5, 0.6) is 11.5 Å². The molecule has 2 aromatic carbocycles. The average Bonchev–Trinajstić information content (AvgIpc) is 2.83. The van der Waals surface area contributed by atoms with E-state index in [-0.39, 0.29) is 29.9 Å². The molecule has 1 aliphatic heterocycles. The monoisotopic (exact) mass is 455 g/mol. The van der Waals surface area contributed by atoms with Crippen LogP contribution >= 0.6 is 0 Å². The Kier molecular flexibility index (Phi) is 8.30. The van der Waals surface area contributed by atoms with E-state index in [2.05, 4.69) is 17.6 Å². The molecule has 3 atom stereocenters. The Morgan fingerprint density at radius 1 is 1.18 bits per heavy atom. The van der Waals surface area contributed by atoms with E-state index < -0.39 is 0 Å². The van der Waals surface area contributed by atoms with Crippen molar-refractivity contribution in [2.75, 3.05) is 46.3 Å². The summed E-state index contributed by atoms with van der Waals surface area (Å²) in [5.41, 5.74) is 1.34. The first-order chi connectivity index (χ1) is 15.8. The molecule has 0 unspecified atom stereocenters. The fraction of sp³-hybridized carbons (Fsp3) is 0.440. The molecule has 8 nitrogen and oxygen atoms in total. The van der Waals surface area contributed by atoms with Crippen LogP contribution in [0.2, 0.25) is 0 Å². The molecule has 0 aliphatic carbocycles. The Bertz CT molecular complexity index is 980. The third-order valence-corrected chi connectivity index (χ3v) is 5.81. The smallest absolute Gasteiger partial charge is 0.257 e. The Labute approximate surface area is 195 Å². The van der Waals surface area contributed by atoms with Crippen molar-refractivity contribution in [2.45, 2.75) is 26.0 Å². The van der Waals surface area contributed by atoms with Crippen LogP contribution in [-0.4, -0.2) is 69.8 Å². The molecule has 1 aliphatic rings. The number of rotatable bonds is 4. The van der Waals surface area contributed by atoms with Gasteiger partial charge in [-0.1, -0.05) is 13.0 Å². The number of nitrogens with zero attached hydrogens (tertiary/aromatic N) is 1. The molecule has 2 amide bonds. The van der Waals surface area contributed by atoms with Crippen molar-refractivity contribution >= 4 is 17.5 Å². The molecule has 0 saturated heterocycles. The molecule has 2 aromatic rings. The first-order valence-corrected chi connectivity index (χ1v) is 11.1. The maximum Gasteiger partial charge on any atom is 0.257 e. The van der Waals surface area contributed by atoms with Crippen LogP contribution in [0.3, 0.4) is 0 Å². The zero-order valence-corrected chi connectivity index (χ0v) is 19.9. The van der Waals surface area contributed by atoms with Crippen molar-refractivity contribution in [3.63, 3.8) is 0 Å². The highest BCUT2D eigenvalue weighted by Gasteiger charge is 2.25. The summed E-state index contributed by atoms with van der Waals surface area (Å²) in [6.45, 7) is 5.74. The number of carbonyl (C=O) groups is 2. The van der Waals surface area contributed by atoms with Crippen LogP contribution < -0.4 is 20.1 Å². The molecule has 0 fully saturated rings. The predicted octanol–water partition coefficient (Wildman–Crippen LogP) is 3.04. The molecule has 2 N–H and O–H groups in total. The summed E-state index contributed by atoms with van der Waals surface area (Å²) in [6, 6.07) is 12.1. The SMILES string of the molecule is COc1cccc(C(=O)Nc2ccc3c(c2)C(=O)N(C)C[C@@H](OC)[C@H](C)CN[C@@H](C)CO3)c1. The minimum atomic E-state index is -0.296. The van der Waals surface area contributed by atoms with E-state index in [0.717, 1.165) is 6.54 Å². The topological polar surface area (TPSA) is 89.1 Å². The van der Waals surface area contributed by atoms with E-state index in [0.29, 0.717) is 41.5 Å². The Morgan fingerprint density at radius 3 is 2.70 bits per heavy atom. The van der Waals surface area contributed by atoms with Crippen molar-refractivity contribution in [1.82, 2.24) is 10.2 Å². The van der Waals surface area contributed by atoms with Gasteiger partial charge in [0.25, 0.3) is 11.8 Å². The van der Waals surface area contributed by atoms with Crippen LogP contribution in [0.15, 0.2) is 42.5 Å². The van der Waals surface area contributed by atoms with Gasteiger partial charge < -0.3 is 29.7 Å². The van der Waals surface area contributed by atoms with E-state index in [4.69, 9.17) is 14.2 Å². The standard InChI is InChI=1S/C25H33N3O5/c1-16-13-26-17(2)15-33-22-10-9-19(12-21(22)25(30)28(3)14-23(16)32-5)27-24(29)18-7-6-8-20(11-18)31-4/h6-12,16-17,23,26H,13-15H2,1-5H3,(H,27,29)/t16-,17+,23-/m1/s1. The van der Waals surface area contributed by atoms with Crippen LogP contribution in [0, 0.1) is 5.92 Å². The lowest BCUT2D eigenvalue weighted by molar-refractivity contribution is 0.0281. The molecule has 33 heavy (non-hydrogen) atoms. The minimum absolute atomic E-state index is 0.0949. The number of hydrogen-bond acceptors (Lipinski definition) is 6. The Balaban J connectivity index is 1.88. The second-order valence-electron chi connectivity index (χ2n) is 8.45. The summed E-state index contributed by atoms with van der Waals surface area (Å²) < 4.78 is 16.8. The number of anilines is 1. The Hall–Kier alpha value is -3.10. The van der Waals surface area contributed by atoms with Gasteiger partial charge in [-0.3, -0.25) is 9.59 Å². The largest absolute Gasteiger partial charge is 0.497 e. The molecule has 8 heteroatoms. The number of nitrogens with one attached hydrogen (secondary N) is 2. The first-order valence-electron chi connectivity index (χ1n) is 11.1. The summed E-state index contributed by atoms with van der Waals surface area (Å²) in [5, 5.41) is 6.32. The predicted molar refractivity (Wildman–Crippen MR) is 127 cm³/mol. The van der Waals surface area contributed by atoms with Gasteiger partial charge in [0.1, 0.15) is 18.1 Å². The molecule has 0 spiro atoms. The molecule has 1 heterocycles. The third-order valence-electron chi connectivity index (χ3n) is 5.81. The molecular formula is C25H33N3O5. The highest BCUT2D eigenvalue weighted by molar-refractivity contribution is 6.05. The van der Waals surface area contributed by atoms with E-state index >= 15 is 0 Å². The van der Waals surface area contributed by atoms with E-state index in [9.17, 15) is 9.59 Å². The van der Waals surface area contributed by atoms with E-state index in [1.807, 2.05) is 6.92 Å². The second kappa shape index (κ2) is 11.2. The normalized spacial score (nSPS) is 21.8. The van der Waals surface area contributed by atoms with Crippen molar-refractivity contribution < 1.29 is 23.8 Å². The summed E-state index contributed by atoms with van der Waals surface area (Å²) in [5.74, 6) is 0.783. The lowest BCUT2D eigenvalue weighted by atomic mass is 10.0. The van der Waals surface area contributed by atoms with Gasteiger partial charge in [-0.05, 0) is 49.2 Å². The number of fused-ring (bicyclic) bond motifs is 1. The van der Waals surface area contributed by atoms with Crippen LogP contribution in [0.1, 0.15) is 34.6 Å². The van der Waals surface area contributed by atoms with Crippen LogP contribution in [0.25, 0.3) is 0 Å². The van der Waals surface area contributed by atoms with Crippen molar-refractivity contribution in [3.05, 3.63) is 53.6 Å². The summed E-state index contributed by atoms with van der Waals surface area (Å²) in [6.07, 6.45) is -0.113. The molecule has 0 bridgehead atoms. The van der Waals surface area contributed by atoms with Crippen molar-refractivity contribution in [1.29, 1.82) is 0 Å². The molecule has 3 rings (SSSR count). The van der Waals surface area contributed by atoms with Gasteiger partial charge in [0.2, 0.25) is 0 Å². The lowest BCUT2D eigenvalue weighted by Crippen LogP contribution is -2.44. The van der Waals surface area contributed by atoms with Crippen LogP contribution in [-0.2, 0) is 4.74 Å². The quantitative estimate of drug-likeness (QED) is 0.737. The number of methoxy groups -OCH3 is 2. The number of ether oxygens (including phenoxy) is 3. The minimum Gasteiger partial charge on any atom is -0.497 e. The molecule has 0 aromatic heterocycles. The van der Waals surface area contributed by atoms with Gasteiger partial charge in [-0.15, -0.1) is 0 Å². The molecular weight excluding hydrogens is 422 g/mol. The number of likely N-dealkylation sites (N-methyl/N-ethyl adjacent to an activating group) is 1. The first kappa shape index (κ1) is 24.5. The third kappa shape index (κ3) is 6.24. The molecule has 178 valence electrons. The van der Waals surface area contributed by atoms with Gasteiger partial charge in [0.15, 0.2) is 0 Å². The highest BCUT2D eigenvalue weighted by atomic mass is 16.5. The fourth-order valence-corrected chi connectivity index (χ4v) is 3.71. The van der Waals surface area contributed by atoms with Gasteiger partial charge in [-0.2, -0.15) is 0 Å². The zero-order chi connectivity index (χ0) is 24.0. The van der Waals surface area contributed by atoms with Gasteiger partial charge >= 0.3 is 0 Å². The summed E-state index contributed by atoms with van der Waals surface area (Å²) >= 11 is 0. The number of hydrogen-bond donors (Lipinski definition) is 2. The highest BCUT2D eigenvalue weighted by Crippen LogP contribution is 2.26. The molecule has 0 radical (unpaired) electrons. The summed E-state index contributed by atoms with van der Waals surface area (Å²) in [7, 11) is 4.96. The van der Waals surface area contributed by atoms with Crippen molar-refractivity contribution in [3.8, 4) is 11.5 Å². The zero-order valence-electron chi connectivity index (χ0n) is 19.9. The number of carbonyl (C=O) groups excluding carboxylic acids is 2. The lowest BCUT2D eigenvalue weighted by Gasteiger charge is -2.30. The maximum absolute atomic E-state index is 13.3. The molecule has 0 saturated carbocycles. The van der Waals surface area contributed by atoms with Gasteiger partial charge in [-0.25, -0.2) is 0 Å². The fourth-order valence-electron chi connectivity index (χ4n) is 3.71. The number of amides is 2. The Morgan fingerprint density at radius 2 is 1.97 bits per heavy atom. The van der Waals surface area contributed by atoms with Crippen molar-refractivity contribution in [2.24, 2.45) is 5.92 Å². The van der Waals surface area contributed by atoms with Crippen LogP contribution in [0.4, 0.5) is 5.69 Å². The number of benzene rings is 2. The average molecular weight is 456 g/mol. The van der Waals surface area contributed by atoms with Gasteiger partial charge in [0, 0.05) is 44.5 Å². The maximum atomic E-state index is 13.3. The summed E-state index contributed by atoms with van der Waals surface area (Å²) in [4.78, 5) is 27.7. The van der Waals surface area contributed by atoms with E-state index in [1.54, 1.807) is 68.6 Å². The second-order valence-corrected chi connectivity index (χ2v) is 8.45.